The van der Waals surface area contributed by atoms with E-state index >= 15 is 0 Å². The zero-order chi connectivity index (χ0) is 27.9. The highest BCUT2D eigenvalue weighted by Gasteiger charge is 2.36. The van der Waals surface area contributed by atoms with Crippen molar-refractivity contribution >= 4 is 41.2 Å². The van der Waals surface area contributed by atoms with Crippen molar-refractivity contribution in [3.8, 4) is 23.0 Å². The molecule has 0 bridgehead atoms. The van der Waals surface area contributed by atoms with Crippen molar-refractivity contribution in [2.75, 3.05) is 38.2 Å². The Bertz CT molecular complexity index is 1430. The van der Waals surface area contributed by atoms with Crippen LogP contribution in [0.4, 0.5) is 16.2 Å². The molecule has 4 rings (SSSR count). The van der Waals surface area contributed by atoms with Gasteiger partial charge in [0, 0.05) is 5.69 Å². The standard InChI is InChI=1S/C28H25N3O8/c1-36-20-9-5-18(6-10-20)29-25(32)16-39-23-13-4-17(15-24(23)38-3)14-22-26(33)30-28(35)31(27(22)34)19-7-11-21(37-2)12-8-19/h4-15H,16H2,1-3H3,(H,29,32)(H,30,33,35)/b22-14+. The van der Waals surface area contributed by atoms with Gasteiger partial charge in [0.2, 0.25) is 0 Å². The predicted octanol–water partition coefficient (Wildman–Crippen LogP) is 3.40. The van der Waals surface area contributed by atoms with Crippen LogP contribution >= 0.6 is 0 Å². The summed E-state index contributed by atoms with van der Waals surface area (Å²) in [7, 11) is 4.46. The van der Waals surface area contributed by atoms with Crippen LogP contribution in [-0.2, 0) is 14.4 Å². The number of barbiturate groups is 1. The Morgan fingerprint density at radius 2 is 1.49 bits per heavy atom. The van der Waals surface area contributed by atoms with E-state index in [1.165, 1.54) is 32.4 Å². The molecule has 0 spiro atoms. The first-order valence-electron chi connectivity index (χ1n) is 11.6. The monoisotopic (exact) mass is 531 g/mol. The number of nitrogens with zero attached hydrogens (tertiary/aromatic N) is 1. The quantitative estimate of drug-likeness (QED) is 0.317. The number of rotatable bonds is 9. The molecule has 1 heterocycles. The lowest BCUT2D eigenvalue weighted by Crippen LogP contribution is -2.54. The van der Waals surface area contributed by atoms with Crippen LogP contribution in [0, 0.1) is 0 Å². The van der Waals surface area contributed by atoms with Gasteiger partial charge in [0.1, 0.15) is 17.1 Å². The van der Waals surface area contributed by atoms with Gasteiger partial charge in [-0.25, -0.2) is 9.69 Å². The summed E-state index contributed by atoms with van der Waals surface area (Å²) < 4.78 is 21.2. The molecule has 11 nitrogen and oxygen atoms in total. The Hall–Kier alpha value is -5.32. The van der Waals surface area contributed by atoms with Crippen molar-refractivity contribution in [3.63, 3.8) is 0 Å². The number of urea groups is 1. The Morgan fingerprint density at radius 1 is 0.846 bits per heavy atom. The fourth-order valence-corrected chi connectivity index (χ4v) is 3.70. The number of benzene rings is 3. The molecular formula is C28H25N3O8. The normalized spacial score (nSPS) is 14.1. The fraction of sp³-hybridized carbons (Fsp3) is 0.143. The van der Waals surface area contributed by atoms with Gasteiger partial charge in [-0.15, -0.1) is 0 Å². The molecule has 1 aliphatic rings. The molecule has 1 aliphatic heterocycles. The minimum atomic E-state index is -0.860. The molecule has 5 amide bonds. The number of ether oxygens (including phenoxy) is 4. The molecule has 3 aromatic carbocycles. The summed E-state index contributed by atoms with van der Waals surface area (Å²) in [6, 6.07) is 16.9. The van der Waals surface area contributed by atoms with Gasteiger partial charge in [-0.2, -0.15) is 0 Å². The zero-order valence-corrected chi connectivity index (χ0v) is 21.3. The number of carbonyl (C=O) groups is 4. The molecule has 0 radical (unpaired) electrons. The number of hydrogen-bond donors (Lipinski definition) is 2. The van der Waals surface area contributed by atoms with Crippen LogP contribution in [0.25, 0.3) is 6.08 Å². The lowest BCUT2D eigenvalue weighted by atomic mass is 10.1. The number of methoxy groups -OCH3 is 3. The summed E-state index contributed by atoms with van der Waals surface area (Å²) in [4.78, 5) is 51.2. The van der Waals surface area contributed by atoms with Crippen molar-refractivity contribution in [1.82, 2.24) is 5.32 Å². The average molecular weight is 532 g/mol. The van der Waals surface area contributed by atoms with Crippen LogP contribution in [-0.4, -0.2) is 51.7 Å². The van der Waals surface area contributed by atoms with Crippen molar-refractivity contribution in [2.24, 2.45) is 0 Å². The predicted molar refractivity (Wildman–Crippen MR) is 142 cm³/mol. The van der Waals surface area contributed by atoms with Crippen LogP contribution in [0.5, 0.6) is 23.0 Å². The molecule has 11 heteroatoms. The minimum Gasteiger partial charge on any atom is -0.497 e. The van der Waals surface area contributed by atoms with Crippen LogP contribution < -0.4 is 34.5 Å². The Labute approximate surface area is 223 Å². The summed E-state index contributed by atoms with van der Waals surface area (Å²) in [6.07, 6.45) is 1.34. The van der Waals surface area contributed by atoms with Crippen molar-refractivity contribution in [1.29, 1.82) is 0 Å². The van der Waals surface area contributed by atoms with E-state index < -0.39 is 17.8 Å². The van der Waals surface area contributed by atoms with Gasteiger partial charge in [-0.3, -0.25) is 19.7 Å². The van der Waals surface area contributed by atoms with E-state index in [0.29, 0.717) is 22.7 Å². The van der Waals surface area contributed by atoms with Crippen LogP contribution in [0.2, 0.25) is 0 Å². The number of nitrogens with one attached hydrogen (secondary N) is 2. The second-order valence-corrected chi connectivity index (χ2v) is 8.13. The second-order valence-electron chi connectivity index (χ2n) is 8.13. The molecule has 0 aliphatic carbocycles. The van der Waals surface area contributed by atoms with E-state index in [2.05, 4.69) is 10.6 Å². The molecule has 39 heavy (non-hydrogen) atoms. The summed E-state index contributed by atoms with van der Waals surface area (Å²) in [5.41, 5.74) is 1.03. The summed E-state index contributed by atoms with van der Waals surface area (Å²) in [6.45, 7) is -0.289. The maximum atomic E-state index is 13.1. The molecular weight excluding hydrogens is 506 g/mol. The largest absolute Gasteiger partial charge is 0.497 e. The fourth-order valence-electron chi connectivity index (χ4n) is 3.70. The summed E-state index contributed by atoms with van der Waals surface area (Å²) in [5, 5.41) is 4.89. The third-order valence-electron chi connectivity index (χ3n) is 5.66. The van der Waals surface area contributed by atoms with Gasteiger partial charge < -0.3 is 24.3 Å². The van der Waals surface area contributed by atoms with Crippen LogP contribution in [0.1, 0.15) is 5.56 Å². The van der Waals surface area contributed by atoms with Gasteiger partial charge in [0.25, 0.3) is 17.7 Å². The molecule has 1 fully saturated rings. The number of hydrogen-bond acceptors (Lipinski definition) is 8. The molecule has 0 atom stereocenters. The third kappa shape index (κ3) is 6.16. The highest BCUT2D eigenvalue weighted by molar-refractivity contribution is 6.39. The van der Waals surface area contributed by atoms with Crippen molar-refractivity contribution < 1.29 is 38.1 Å². The second kappa shape index (κ2) is 11.8. The molecule has 2 N–H and O–H groups in total. The maximum absolute atomic E-state index is 13.1. The summed E-state index contributed by atoms with van der Waals surface area (Å²) in [5.74, 6) is -0.249. The molecule has 0 saturated carbocycles. The Morgan fingerprint density at radius 3 is 2.10 bits per heavy atom. The van der Waals surface area contributed by atoms with Gasteiger partial charge >= 0.3 is 6.03 Å². The highest BCUT2D eigenvalue weighted by atomic mass is 16.5. The molecule has 0 aromatic heterocycles. The van der Waals surface area contributed by atoms with Crippen molar-refractivity contribution in [2.45, 2.75) is 0 Å². The summed E-state index contributed by atoms with van der Waals surface area (Å²) >= 11 is 0. The van der Waals surface area contributed by atoms with E-state index in [1.54, 1.807) is 61.7 Å². The average Bonchev–Trinajstić information content (AvgIpc) is 2.95. The lowest BCUT2D eigenvalue weighted by molar-refractivity contribution is -0.122. The van der Waals surface area contributed by atoms with Crippen molar-refractivity contribution in [3.05, 3.63) is 77.9 Å². The molecule has 3 aromatic rings. The molecule has 0 unspecified atom stereocenters. The maximum Gasteiger partial charge on any atom is 0.335 e. The van der Waals surface area contributed by atoms with E-state index in [4.69, 9.17) is 18.9 Å². The van der Waals surface area contributed by atoms with Gasteiger partial charge in [0.05, 0.1) is 27.0 Å². The first-order chi connectivity index (χ1) is 18.8. The van der Waals surface area contributed by atoms with Gasteiger partial charge in [-0.1, -0.05) is 6.07 Å². The smallest absolute Gasteiger partial charge is 0.335 e. The van der Waals surface area contributed by atoms with E-state index in [0.717, 1.165) is 4.90 Å². The SMILES string of the molecule is COc1ccc(NC(=O)COc2ccc(/C=C3\C(=O)NC(=O)N(c4ccc(OC)cc4)C3=O)cc2OC)cc1. The van der Waals surface area contributed by atoms with E-state index in [9.17, 15) is 19.2 Å². The Balaban J connectivity index is 1.48. The third-order valence-corrected chi connectivity index (χ3v) is 5.66. The lowest BCUT2D eigenvalue weighted by Gasteiger charge is -2.26. The van der Waals surface area contributed by atoms with E-state index in [1.807, 2.05) is 0 Å². The highest BCUT2D eigenvalue weighted by Crippen LogP contribution is 2.30. The first kappa shape index (κ1) is 26.7. The minimum absolute atomic E-state index is 0.250. The number of amides is 5. The molecule has 1 saturated heterocycles. The van der Waals surface area contributed by atoms with Crippen LogP contribution in [0.15, 0.2) is 72.3 Å². The van der Waals surface area contributed by atoms with E-state index in [-0.39, 0.29) is 35.3 Å². The topological polar surface area (TPSA) is 132 Å². The zero-order valence-electron chi connectivity index (χ0n) is 21.3. The molecule has 200 valence electrons. The van der Waals surface area contributed by atoms with Gasteiger partial charge in [-0.05, 0) is 72.3 Å². The number of imide groups is 2. The Kier molecular flexibility index (Phi) is 8.10. The van der Waals surface area contributed by atoms with Gasteiger partial charge in [0.15, 0.2) is 18.1 Å². The number of carbonyl (C=O) groups excluding carboxylic acids is 4. The number of anilines is 2. The van der Waals surface area contributed by atoms with Crippen LogP contribution in [0.3, 0.4) is 0 Å². The first-order valence-corrected chi connectivity index (χ1v) is 11.6.